The summed E-state index contributed by atoms with van der Waals surface area (Å²) in [6.45, 7) is 3.94. The molecule has 0 aliphatic rings. The number of rotatable bonds is 8. The van der Waals surface area contributed by atoms with E-state index in [0.29, 0.717) is 35.8 Å². The Morgan fingerprint density at radius 2 is 1.67 bits per heavy atom. The van der Waals surface area contributed by atoms with Gasteiger partial charge in [0.2, 0.25) is 5.91 Å². The largest absolute Gasteiger partial charge is 0.494 e. The first-order chi connectivity index (χ1) is 14.4. The standard InChI is InChI=1S/C23H27N3O4/c1-15-12-16(2)26(25-15)19-9-8-18(14-21(19)29-4)24-23(27)11-7-17-6-10-20(28-3)22(13-17)30-5/h6,8-10,12-14H,7,11H2,1-5H3,(H,24,27). The number of aromatic nitrogens is 2. The molecule has 158 valence electrons. The lowest BCUT2D eigenvalue weighted by Gasteiger charge is -2.13. The third kappa shape index (κ3) is 4.74. The molecule has 0 spiro atoms. The van der Waals surface area contributed by atoms with E-state index in [0.717, 1.165) is 22.6 Å². The number of ether oxygens (including phenoxy) is 3. The molecule has 3 aromatic rings. The maximum Gasteiger partial charge on any atom is 0.224 e. The van der Waals surface area contributed by atoms with E-state index in [1.807, 2.05) is 54.9 Å². The van der Waals surface area contributed by atoms with E-state index in [-0.39, 0.29) is 5.91 Å². The third-order valence-electron chi connectivity index (χ3n) is 4.79. The number of methoxy groups -OCH3 is 3. The first-order valence-corrected chi connectivity index (χ1v) is 9.67. The number of aryl methyl sites for hydroxylation is 3. The van der Waals surface area contributed by atoms with E-state index in [4.69, 9.17) is 14.2 Å². The fraction of sp³-hybridized carbons (Fsp3) is 0.304. The minimum Gasteiger partial charge on any atom is -0.494 e. The second-order valence-corrected chi connectivity index (χ2v) is 6.96. The Morgan fingerprint density at radius 3 is 2.30 bits per heavy atom. The van der Waals surface area contributed by atoms with Crippen molar-refractivity contribution in [1.29, 1.82) is 0 Å². The molecule has 0 unspecified atom stereocenters. The Kier molecular flexibility index (Phi) is 6.61. The summed E-state index contributed by atoms with van der Waals surface area (Å²) in [5, 5.41) is 7.43. The summed E-state index contributed by atoms with van der Waals surface area (Å²) in [6.07, 6.45) is 0.935. The van der Waals surface area contributed by atoms with Crippen LogP contribution in [0.1, 0.15) is 23.4 Å². The molecule has 3 rings (SSSR count). The van der Waals surface area contributed by atoms with Crippen LogP contribution in [-0.4, -0.2) is 37.0 Å². The van der Waals surface area contributed by atoms with E-state index in [1.165, 1.54) is 0 Å². The van der Waals surface area contributed by atoms with Crippen molar-refractivity contribution in [2.75, 3.05) is 26.6 Å². The predicted octanol–water partition coefficient (Wildman–Crippen LogP) is 4.09. The van der Waals surface area contributed by atoms with E-state index >= 15 is 0 Å². The number of hydrogen-bond donors (Lipinski definition) is 1. The topological polar surface area (TPSA) is 74.6 Å². The number of nitrogens with zero attached hydrogens (tertiary/aromatic N) is 2. The minimum absolute atomic E-state index is 0.0781. The van der Waals surface area contributed by atoms with Gasteiger partial charge in [0, 0.05) is 23.9 Å². The number of carbonyl (C=O) groups is 1. The Balaban J connectivity index is 1.67. The molecule has 0 fully saturated rings. The molecule has 0 saturated heterocycles. The molecule has 7 heteroatoms. The number of benzene rings is 2. The number of amides is 1. The molecule has 2 aromatic carbocycles. The summed E-state index contributed by atoms with van der Waals surface area (Å²) in [6, 6.07) is 13.2. The molecule has 0 saturated carbocycles. The van der Waals surface area contributed by atoms with Crippen LogP contribution in [0.3, 0.4) is 0 Å². The fourth-order valence-electron chi connectivity index (χ4n) is 3.32. The van der Waals surface area contributed by atoms with Gasteiger partial charge in [-0.3, -0.25) is 4.79 Å². The zero-order chi connectivity index (χ0) is 21.7. The average molecular weight is 409 g/mol. The normalized spacial score (nSPS) is 10.6. The Hall–Kier alpha value is -3.48. The summed E-state index contributed by atoms with van der Waals surface area (Å²) in [4.78, 5) is 12.4. The van der Waals surface area contributed by atoms with Gasteiger partial charge in [0.25, 0.3) is 0 Å². The molecule has 1 amide bonds. The predicted molar refractivity (Wildman–Crippen MR) is 116 cm³/mol. The monoisotopic (exact) mass is 409 g/mol. The van der Waals surface area contributed by atoms with Crippen LogP contribution >= 0.6 is 0 Å². The van der Waals surface area contributed by atoms with Crippen molar-refractivity contribution in [1.82, 2.24) is 9.78 Å². The van der Waals surface area contributed by atoms with Crippen LogP contribution in [0.15, 0.2) is 42.5 Å². The molecular weight excluding hydrogens is 382 g/mol. The first kappa shape index (κ1) is 21.2. The van der Waals surface area contributed by atoms with Gasteiger partial charge in [-0.15, -0.1) is 0 Å². The molecule has 0 atom stereocenters. The van der Waals surface area contributed by atoms with Crippen molar-refractivity contribution in [2.24, 2.45) is 0 Å². The van der Waals surface area contributed by atoms with Crippen molar-refractivity contribution in [3.05, 3.63) is 59.4 Å². The summed E-state index contributed by atoms with van der Waals surface area (Å²) in [5.41, 5.74) is 4.45. The van der Waals surface area contributed by atoms with Crippen molar-refractivity contribution >= 4 is 11.6 Å². The summed E-state index contributed by atoms with van der Waals surface area (Å²) >= 11 is 0. The molecule has 0 radical (unpaired) electrons. The van der Waals surface area contributed by atoms with E-state index in [9.17, 15) is 4.79 Å². The van der Waals surface area contributed by atoms with Gasteiger partial charge < -0.3 is 19.5 Å². The van der Waals surface area contributed by atoms with E-state index < -0.39 is 0 Å². The summed E-state index contributed by atoms with van der Waals surface area (Å²) in [7, 11) is 4.80. The fourth-order valence-corrected chi connectivity index (χ4v) is 3.32. The highest BCUT2D eigenvalue weighted by Crippen LogP contribution is 2.29. The van der Waals surface area contributed by atoms with Crippen LogP contribution < -0.4 is 19.5 Å². The second-order valence-electron chi connectivity index (χ2n) is 6.96. The summed E-state index contributed by atoms with van der Waals surface area (Å²) < 4.78 is 17.9. The molecule has 1 N–H and O–H groups in total. The van der Waals surface area contributed by atoms with Crippen LogP contribution in [0, 0.1) is 13.8 Å². The molecule has 7 nitrogen and oxygen atoms in total. The molecule has 30 heavy (non-hydrogen) atoms. The van der Waals surface area contributed by atoms with E-state index in [2.05, 4.69) is 10.4 Å². The molecular formula is C23H27N3O4. The quantitative estimate of drug-likeness (QED) is 0.607. The van der Waals surface area contributed by atoms with Crippen molar-refractivity contribution in [2.45, 2.75) is 26.7 Å². The second kappa shape index (κ2) is 9.35. The highest BCUT2D eigenvalue weighted by atomic mass is 16.5. The lowest BCUT2D eigenvalue weighted by Crippen LogP contribution is -2.13. The molecule has 1 heterocycles. The van der Waals surface area contributed by atoms with Gasteiger partial charge in [-0.25, -0.2) is 4.68 Å². The van der Waals surface area contributed by atoms with Crippen LogP contribution in [0.25, 0.3) is 5.69 Å². The smallest absolute Gasteiger partial charge is 0.224 e. The van der Waals surface area contributed by atoms with Crippen LogP contribution in [0.4, 0.5) is 5.69 Å². The van der Waals surface area contributed by atoms with Gasteiger partial charge >= 0.3 is 0 Å². The third-order valence-corrected chi connectivity index (χ3v) is 4.79. The lowest BCUT2D eigenvalue weighted by molar-refractivity contribution is -0.116. The molecule has 0 bridgehead atoms. The van der Waals surface area contributed by atoms with Gasteiger partial charge in [-0.2, -0.15) is 5.10 Å². The number of hydrogen-bond acceptors (Lipinski definition) is 5. The summed E-state index contributed by atoms with van der Waals surface area (Å²) in [5.74, 6) is 1.88. The molecule has 0 aliphatic heterocycles. The Labute approximate surface area is 176 Å². The first-order valence-electron chi connectivity index (χ1n) is 9.67. The minimum atomic E-state index is -0.0781. The average Bonchev–Trinajstić information content (AvgIpc) is 3.09. The van der Waals surface area contributed by atoms with Crippen LogP contribution in [-0.2, 0) is 11.2 Å². The zero-order valence-electron chi connectivity index (χ0n) is 18.0. The molecule has 0 aliphatic carbocycles. The van der Waals surface area contributed by atoms with Gasteiger partial charge in [-0.1, -0.05) is 6.07 Å². The SMILES string of the molecule is COc1ccc(CCC(=O)Nc2ccc(-n3nc(C)cc3C)c(OC)c2)cc1OC. The van der Waals surface area contributed by atoms with Crippen molar-refractivity contribution in [3.8, 4) is 22.9 Å². The lowest BCUT2D eigenvalue weighted by atomic mass is 10.1. The van der Waals surface area contributed by atoms with Gasteiger partial charge in [-0.05, 0) is 56.2 Å². The van der Waals surface area contributed by atoms with Gasteiger partial charge in [0.1, 0.15) is 11.4 Å². The molecule has 1 aromatic heterocycles. The maximum atomic E-state index is 12.4. The highest BCUT2D eigenvalue weighted by molar-refractivity contribution is 5.91. The number of carbonyl (C=O) groups excluding carboxylic acids is 1. The van der Waals surface area contributed by atoms with Crippen molar-refractivity contribution in [3.63, 3.8) is 0 Å². The van der Waals surface area contributed by atoms with Crippen LogP contribution in [0.2, 0.25) is 0 Å². The zero-order valence-corrected chi connectivity index (χ0v) is 18.0. The highest BCUT2D eigenvalue weighted by Gasteiger charge is 2.12. The maximum absolute atomic E-state index is 12.4. The van der Waals surface area contributed by atoms with Crippen LogP contribution in [0.5, 0.6) is 17.2 Å². The Bertz CT molecular complexity index is 1040. The number of anilines is 1. The van der Waals surface area contributed by atoms with Crippen molar-refractivity contribution < 1.29 is 19.0 Å². The van der Waals surface area contributed by atoms with Gasteiger partial charge in [0.15, 0.2) is 11.5 Å². The van der Waals surface area contributed by atoms with Gasteiger partial charge in [0.05, 0.1) is 27.0 Å². The number of nitrogens with one attached hydrogen (secondary N) is 1. The Morgan fingerprint density at radius 1 is 0.933 bits per heavy atom. The van der Waals surface area contributed by atoms with E-state index in [1.54, 1.807) is 27.4 Å².